The molecule has 6 rings (SSSR count). The number of para-hydroxylation sites is 1. The van der Waals surface area contributed by atoms with E-state index in [4.69, 9.17) is 9.26 Å². The molecule has 1 N–H and O–H groups in total. The molecule has 9 nitrogen and oxygen atoms in total. The Kier molecular flexibility index (Phi) is 4.03. The number of hydrogen-bond acceptors (Lipinski definition) is 7. The second-order valence-corrected chi connectivity index (χ2v) is 7.69. The number of hydrazine groups is 1. The fourth-order valence-electron chi connectivity index (χ4n) is 3.88. The number of benzene rings is 1. The van der Waals surface area contributed by atoms with Crippen LogP contribution < -0.4 is 5.43 Å². The standard InChI is InChI=1S/C21H20N6O3/c28-20(24-26-7-9-29-10-8-26)15-11-17-18(19-23-21(30-25-19)13-5-6-13)22-12-27(17)16-4-2-1-3-14(15)16/h1-4,11-13H,5-10H2,(H,24,28). The molecular weight excluding hydrogens is 384 g/mol. The zero-order valence-electron chi connectivity index (χ0n) is 16.2. The maximum atomic E-state index is 13.2. The monoisotopic (exact) mass is 404 g/mol. The Morgan fingerprint density at radius 2 is 1.97 bits per heavy atom. The van der Waals surface area contributed by atoms with Crippen LogP contribution in [0.15, 0.2) is 41.2 Å². The van der Waals surface area contributed by atoms with Crippen LogP contribution in [0.3, 0.4) is 0 Å². The number of pyridine rings is 1. The second kappa shape index (κ2) is 6.89. The summed E-state index contributed by atoms with van der Waals surface area (Å²) in [5, 5.41) is 6.88. The number of hydrogen-bond donors (Lipinski definition) is 1. The van der Waals surface area contributed by atoms with E-state index in [1.54, 1.807) is 6.33 Å². The smallest absolute Gasteiger partial charge is 0.266 e. The lowest BCUT2D eigenvalue weighted by atomic mass is 10.1. The number of morpholine rings is 1. The molecule has 1 aliphatic carbocycles. The van der Waals surface area contributed by atoms with Gasteiger partial charge in [-0.2, -0.15) is 4.98 Å². The highest BCUT2D eigenvalue weighted by Gasteiger charge is 2.30. The van der Waals surface area contributed by atoms with Gasteiger partial charge < -0.3 is 9.26 Å². The van der Waals surface area contributed by atoms with Crippen LogP contribution in [0.4, 0.5) is 0 Å². The van der Waals surface area contributed by atoms with E-state index >= 15 is 0 Å². The number of carbonyl (C=O) groups is 1. The average molecular weight is 404 g/mol. The first-order chi connectivity index (χ1) is 14.8. The third kappa shape index (κ3) is 2.94. The molecule has 0 unspecified atom stereocenters. The van der Waals surface area contributed by atoms with Crippen LogP contribution in [0.2, 0.25) is 0 Å². The van der Waals surface area contributed by atoms with E-state index in [9.17, 15) is 4.79 Å². The number of amides is 1. The minimum absolute atomic E-state index is 0.158. The van der Waals surface area contributed by atoms with E-state index < -0.39 is 0 Å². The summed E-state index contributed by atoms with van der Waals surface area (Å²) in [6.45, 7) is 2.54. The molecule has 1 saturated heterocycles. The highest BCUT2D eigenvalue weighted by Crippen LogP contribution is 2.39. The highest BCUT2D eigenvalue weighted by atomic mass is 16.5. The minimum atomic E-state index is -0.158. The number of fused-ring (bicyclic) bond motifs is 3. The predicted molar refractivity (Wildman–Crippen MR) is 108 cm³/mol. The van der Waals surface area contributed by atoms with Crippen LogP contribution in [0.5, 0.6) is 0 Å². The first-order valence-electron chi connectivity index (χ1n) is 10.1. The summed E-state index contributed by atoms with van der Waals surface area (Å²) in [6, 6.07) is 9.66. The van der Waals surface area contributed by atoms with E-state index in [2.05, 4.69) is 20.6 Å². The molecule has 0 spiro atoms. The van der Waals surface area contributed by atoms with Gasteiger partial charge in [0.1, 0.15) is 12.0 Å². The number of imidazole rings is 1. The Labute approximate surface area is 171 Å². The molecule has 4 heterocycles. The average Bonchev–Trinajstić information content (AvgIpc) is 3.35. The Bertz CT molecular complexity index is 1250. The van der Waals surface area contributed by atoms with E-state index in [-0.39, 0.29) is 5.91 Å². The number of nitrogens with one attached hydrogen (secondary N) is 1. The molecule has 3 aromatic heterocycles. The molecule has 1 aliphatic heterocycles. The SMILES string of the molecule is O=C(NN1CCOCC1)c1cc2c(-c3noc(C4CC4)n3)ncn2c2ccccc12. The van der Waals surface area contributed by atoms with E-state index in [0.717, 1.165) is 29.3 Å². The van der Waals surface area contributed by atoms with Crippen molar-refractivity contribution in [1.82, 2.24) is 30.0 Å². The van der Waals surface area contributed by atoms with Crippen LogP contribution in [-0.2, 0) is 4.74 Å². The van der Waals surface area contributed by atoms with E-state index in [0.29, 0.717) is 55.2 Å². The molecule has 30 heavy (non-hydrogen) atoms. The summed E-state index contributed by atoms with van der Waals surface area (Å²) >= 11 is 0. The van der Waals surface area contributed by atoms with Crippen LogP contribution >= 0.6 is 0 Å². The molecule has 0 bridgehead atoms. The van der Waals surface area contributed by atoms with Gasteiger partial charge in [-0.05, 0) is 25.0 Å². The lowest BCUT2D eigenvalue weighted by molar-refractivity contribution is 0.0127. The van der Waals surface area contributed by atoms with Crippen LogP contribution in [-0.4, -0.2) is 56.7 Å². The number of carbonyl (C=O) groups excluding carboxylic acids is 1. The lowest BCUT2D eigenvalue weighted by Crippen LogP contribution is -2.48. The summed E-state index contributed by atoms with van der Waals surface area (Å²) in [7, 11) is 0. The van der Waals surface area contributed by atoms with Gasteiger partial charge in [0.15, 0.2) is 0 Å². The first-order valence-corrected chi connectivity index (χ1v) is 10.1. The van der Waals surface area contributed by atoms with Gasteiger partial charge in [-0.15, -0.1) is 0 Å². The van der Waals surface area contributed by atoms with Gasteiger partial charge in [0, 0.05) is 24.4 Å². The summed E-state index contributed by atoms with van der Waals surface area (Å²) in [5.74, 6) is 1.33. The van der Waals surface area contributed by atoms with E-state index in [1.807, 2.05) is 39.7 Å². The number of nitrogens with zero attached hydrogens (tertiary/aromatic N) is 5. The quantitative estimate of drug-likeness (QED) is 0.558. The zero-order chi connectivity index (χ0) is 20.1. The molecule has 0 radical (unpaired) electrons. The minimum Gasteiger partial charge on any atom is -0.379 e. The summed E-state index contributed by atoms with van der Waals surface area (Å²) in [4.78, 5) is 22.2. The summed E-state index contributed by atoms with van der Waals surface area (Å²) in [6.07, 6.45) is 3.91. The van der Waals surface area contributed by atoms with Crippen molar-refractivity contribution in [2.24, 2.45) is 0 Å². The van der Waals surface area contributed by atoms with Crippen molar-refractivity contribution in [2.75, 3.05) is 26.3 Å². The van der Waals surface area contributed by atoms with Crippen molar-refractivity contribution in [3.05, 3.63) is 48.1 Å². The van der Waals surface area contributed by atoms with Gasteiger partial charge in [0.05, 0.1) is 29.8 Å². The topological polar surface area (TPSA) is 97.8 Å². The molecule has 4 aromatic rings. The lowest BCUT2D eigenvalue weighted by Gasteiger charge is -2.27. The van der Waals surface area contributed by atoms with Crippen molar-refractivity contribution in [3.8, 4) is 11.5 Å². The number of rotatable bonds is 4. The Morgan fingerprint density at radius 3 is 2.80 bits per heavy atom. The maximum Gasteiger partial charge on any atom is 0.266 e. The maximum absolute atomic E-state index is 13.2. The molecular formula is C21H20N6O3. The fourth-order valence-corrected chi connectivity index (χ4v) is 3.88. The van der Waals surface area contributed by atoms with E-state index in [1.165, 1.54) is 0 Å². The summed E-state index contributed by atoms with van der Waals surface area (Å²) in [5.41, 5.74) is 5.86. The molecule has 152 valence electrons. The molecule has 0 atom stereocenters. The molecule has 2 aliphatic rings. The van der Waals surface area contributed by atoms with Crippen LogP contribution in [0.25, 0.3) is 27.9 Å². The Hall–Kier alpha value is -3.30. The number of aromatic nitrogens is 4. The Morgan fingerprint density at radius 1 is 1.13 bits per heavy atom. The van der Waals surface area contributed by atoms with Crippen molar-refractivity contribution >= 4 is 22.3 Å². The number of ether oxygens (including phenoxy) is 1. The predicted octanol–water partition coefficient (Wildman–Crippen LogP) is 2.39. The van der Waals surface area contributed by atoms with Crippen molar-refractivity contribution in [1.29, 1.82) is 0 Å². The van der Waals surface area contributed by atoms with Gasteiger partial charge in [-0.3, -0.25) is 14.6 Å². The van der Waals surface area contributed by atoms with Crippen LogP contribution in [0.1, 0.15) is 35.0 Å². The second-order valence-electron chi connectivity index (χ2n) is 7.69. The van der Waals surface area contributed by atoms with Gasteiger partial charge in [-0.25, -0.2) is 9.99 Å². The normalized spacial score (nSPS) is 17.6. The fraction of sp³-hybridized carbons (Fsp3) is 0.333. The molecule has 2 fully saturated rings. The zero-order valence-corrected chi connectivity index (χ0v) is 16.2. The van der Waals surface area contributed by atoms with Gasteiger partial charge >= 0.3 is 0 Å². The Balaban J connectivity index is 1.46. The van der Waals surface area contributed by atoms with Crippen molar-refractivity contribution < 1.29 is 14.1 Å². The van der Waals surface area contributed by atoms with Crippen molar-refractivity contribution in [2.45, 2.75) is 18.8 Å². The third-order valence-electron chi connectivity index (χ3n) is 5.63. The van der Waals surface area contributed by atoms with Gasteiger partial charge in [-0.1, -0.05) is 23.4 Å². The summed E-state index contributed by atoms with van der Waals surface area (Å²) < 4.78 is 12.7. The molecule has 1 saturated carbocycles. The van der Waals surface area contributed by atoms with Crippen LogP contribution in [0, 0.1) is 0 Å². The van der Waals surface area contributed by atoms with Gasteiger partial charge in [0.2, 0.25) is 11.7 Å². The molecule has 9 heteroatoms. The first kappa shape index (κ1) is 17.5. The largest absolute Gasteiger partial charge is 0.379 e. The van der Waals surface area contributed by atoms with Gasteiger partial charge in [0.25, 0.3) is 5.91 Å². The highest BCUT2D eigenvalue weighted by molar-refractivity contribution is 6.08. The third-order valence-corrected chi connectivity index (χ3v) is 5.63. The van der Waals surface area contributed by atoms with Crippen molar-refractivity contribution in [3.63, 3.8) is 0 Å². The molecule has 1 amide bonds. The molecule has 1 aromatic carbocycles.